The molecule has 1 N–H and O–H groups in total. The van der Waals surface area contributed by atoms with Crippen molar-refractivity contribution < 1.29 is 18.3 Å². The maximum Gasteiger partial charge on any atom is 0.129 e. The van der Waals surface area contributed by atoms with Crippen LogP contribution in [-0.4, -0.2) is 12.6 Å². The first-order chi connectivity index (χ1) is 14.8. The van der Waals surface area contributed by atoms with E-state index in [0.29, 0.717) is 11.5 Å². The number of allylic oxidation sites excluding steroid dienone is 1. The molecule has 1 heterocycles. The maximum atomic E-state index is 13.8. The first kappa shape index (κ1) is 20.9. The smallest absolute Gasteiger partial charge is 0.129 e. The number of methoxy groups -OCH3 is 1. The molecule has 3 aromatic rings. The highest BCUT2D eigenvalue weighted by molar-refractivity contribution is 5.88. The summed E-state index contributed by atoms with van der Waals surface area (Å²) in [6.45, 7) is 6.57. The van der Waals surface area contributed by atoms with E-state index in [1.165, 1.54) is 31.4 Å². The summed E-state index contributed by atoms with van der Waals surface area (Å²) in [5.41, 5.74) is 5.62. The number of ether oxygens (including phenoxy) is 2. The first-order valence-electron chi connectivity index (χ1n) is 10.1. The fraction of sp³-hybridized carbons (Fsp3) is 0.231. The summed E-state index contributed by atoms with van der Waals surface area (Å²) >= 11 is 0. The van der Waals surface area contributed by atoms with E-state index >= 15 is 0 Å². The zero-order chi connectivity index (χ0) is 22.2. The van der Waals surface area contributed by atoms with Crippen molar-refractivity contribution in [2.24, 2.45) is 0 Å². The van der Waals surface area contributed by atoms with Crippen molar-refractivity contribution >= 4 is 11.3 Å². The van der Waals surface area contributed by atoms with Gasteiger partial charge in [-0.25, -0.2) is 8.78 Å². The van der Waals surface area contributed by atoms with Gasteiger partial charge in [-0.05, 0) is 74.4 Å². The minimum Gasteiger partial charge on any atom is -0.496 e. The predicted octanol–water partition coefficient (Wildman–Crippen LogP) is 6.83. The third-order valence-corrected chi connectivity index (χ3v) is 5.39. The lowest BCUT2D eigenvalue weighted by Crippen LogP contribution is -2.32. The van der Waals surface area contributed by atoms with Crippen LogP contribution in [0.3, 0.4) is 0 Å². The van der Waals surface area contributed by atoms with Gasteiger partial charge in [0, 0.05) is 28.4 Å². The molecule has 0 amide bonds. The minimum atomic E-state index is -0.359. The second kappa shape index (κ2) is 8.06. The van der Waals surface area contributed by atoms with E-state index in [4.69, 9.17) is 9.47 Å². The highest BCUT2D eigenvalue weighted by Crippen LogP contribution is 2.42. The molecule has 1 aliphatic rings. The van der Waals surface area contributed by atoms with Gasteiger partial charge in [-0.3, -0.25) is 0 Å². The summed E-state index contributed by atoms with van der Waals surface area (Å²) in [6, 6.07) is 14.5. The highest BCUT2D eigenvalue weighted by Gasteiger charge is 2.27. The fourth-order valence-corrected chi connectivity index (χ4v) is 4.18. The van der Waals surface area contributed by atoms with Gasteiger partial charge in [0.15, 0.2) is 0 Å². The molecular weight excluding hydrogens is 396 g/mol. The summed E-state index contributed by atoms with van der Waals surface area (Å²) in [6.07, 6.45) is 2.18. The van der Waals surface area contributed by atoms with Crippen LogP contribution in [-0.2, 0) is 6.61 Å². The average molecular weight is 421 g/mol. The topological polar surface area (TPSA) is 30.5 Å². The molecule has 1 aliphatic heterocycles. The van der Waals surface area contributed by atoms with E-state index in [9.17, 15) is 8.78 Å². The van der Waals surface area contributed by atoms with Gasteiger partial charge >= 0.3 is 0 Å². The van der Waals surface area contributed by atoms with Crippen molar-refractivity contribution in [3.63, 3.8) is 0 Å². The lowest BCUT2D eigenvalue weighted by Gasteiger charge is -2.33. The van der Waals surface area contributed by atoms with Crippen molar-refractivity contribution in [2.45, 2.75) is 32.9 Å². The molecule has 4 rings (SSSR count). The quantitative estimate of drug-likeness (QED) is 0.490. The molecule has 0 aromatic heterocycles. The molecule has 5 heteroatoms. The third-order valence-electron chi connectivity index (χ3n) is 5.39. The number of benzene rings is 3. The molecule has 0 saturated carbocycles. The Morgan fingerprint density at radius 2 is 1.58 bits per heavy atom. The third kappa shape index (κ3) is 4.26. The number of nitrogens with one attached hydrogen (secondary N) is 1. The molecule has 31 heavy (non-hydrogen) atoms. The van der Waals surface area contributed by atoms with Crippen LogP contribution in [0.5, 0.6) is 11.5 Å². The minimum absolute atomic E-state index is 0.179. The molecule has 0 atom stereocenters. The Morgan fingerprint density at radius 1 is 0.903 bits per heavy atom. The zero-order valence-electron chi connectivity index (χ0n) is 18.1. The normalized spacial score (nSPS) is 14.3. The average Bonchev–Trinajstić information content (AvgIpc) is 2.72. The van der Waals surface area contributed by atoms with Gasteiger partial charge in [-0.15, -0.1) is 0 Å². The molecule has 0 radical (unpaired) electrons. The molecule has 0 bridgehead atoms. The molecule has 0 unspecified atom stereocenters. The van der Waals surface area contributed by atoms with E-state index in [1.807, 2.05) is 12.1 Å². The number of halogens is 2. The first-order valence-corrected chi connectivity index (χ1v) is 10.1. The van der Waals surface area contributed by atoms with E-state index in [1.54, 1.807) is 18.2 Å². The van der Waals surface area contributed by atoms with Crippen LogP contribution in [0.15, 0.2) is 60.7 Å². The molecule has 3 nitrogen and oxygen atoms in total. The van der Waals surface area contributed by atoms with Crippen LogP contribution in [0, 0.1) is 11.6 Å². The van der Waals surface area contributed by atoms with E-state index in [0.717, 1.165) is 33.5 Å². The van der Waals surface area contributed by atoms with Gasteiger partial charge in [0.25, 0.3) is 0 Å². The second-order valence-corrected chi connectivity index (χ2v) is 8.28. The summed E-state index contributed by atoms with van der Waals surface area (Å²) in [4.78, 5) is 0. The maximum absolute atomic E-state index is 13.8. The molecule has 160 valence electrons. The lowest BCUT2D eigenvalue weighted by atomic mass is 9.85. The molecule has 0 fully saturated rings. The van der Waals surface area contributed by atoms with Crippen LogP contribution < -0.4 is 14.8 Å². The summed E-state index contributed by atoms with van der Waals surface area (Å²) < 4.78 is 38.6. The standard InChI is InChI=1S/C26H25F2NO2/c1-16-14-26(2,3)29-23-12-11-20(21-10-7-18(28)13-24(21)30-4)22(25(16)23)15-31-19-8-5-17(27)6-9-19/h5-14,29H,15H2,1-4H3. The van der Waals surface area contributed by atoms with Crippen LogP contribution in [0.2, 0.25) is 0 Å². The van der Waals surface area contributed by atoms with Crippen LogP contribution in [0.4, 0.5) is 14.5 Å². The van der Waals surface area contributed by atoms with Crippen LogP contribution in [0.25, 0.3) is 16.7 Å². The van der Waals surface area contributed by atoms with Crippen LogP contribution >= 0.6 is 0 Å². The molecule has 3 aromatic carbocycles. The Labute approximate surface area is 181 Å². The van der Waals surface area contributed by atoms with E-state index < -0.39 is 0 Å². The largest absolute Gasteiger partial charge is 0.496 e. The predicted molar refractivity (Wildman–Crippen MR) is 120 cm³/mol. The number of anilines is 1. The molecule has 0 spiro atoms. The fourth-order valence-electron chi connectivity index (χ4n) is 4.18. The second-order valence-electron chi connectivity index (χ2n) is 8.28. The summed E-state index contributed by atoms with van der Waals surface area (Å²) in [7, 11) is 1.53. The lowest BCUT2D eigenvalue weighted by molar-refractivity contribution is 0.306. The molecule has 0 aliphatic carbocycles. The Hall–Kier alpha value is -3.34. The number of rotatable bonds is 5. The Bertz CT molecular complexity index is 1150. The van der Waals surface area contributed by atoms with Gasteiger partial charge in [0.1, 0.15) is 29.7 Å². The van der Waals surface area contributed by atoms with Crippen molar-refractivity contribution in [1.82, 2.24) is 0 Å². The monoisotopic (exact) mass is 421 g/mol. The van der Waals surface area contributed by atoms with Crippen LogP contribution in [0.1, 0.15) is 31.9 Å². The summed E-state index contributed by atoms with van der Waals surface area (Å²) in [5.74, 6) is 0.351. The number of fused-ring (bicyclic) bond motifs is 1. The number of hydrogen-bond acceptors (Lipinski definition) is 3. The Morgan fingerprint density at radius 3 is 2.29 bits per heavy atom. The van der Waals surface area contributed by atoms with Crippen molar-refractivity contribution in [1.29, 1.82) is 0 Å². The number of hydrogen-bond donors (Lipinski definition) is 1. The SMILES string of the molecule is COc1cc(F)ccc1-c1ccc2c(c1COc1ccc(F)cc1)C(C)=CC(C)(C)N2. The van der Waals surface area contributed by atoms with Gasteiger partial charge < -0.3 is 14.8 Å². The van der Waals surface area contributed by atoms with Crippen molar-refractivity contribution in [2.75, 3.05) is 12.4 Å². The summed E-state index contributed by atoms with van der Waals surface area (Å²) in [5, 5.41) is 3.56. The van der Waals surface area contributed by atoms with Gasteiger partial charge in [-0.2, -0.15) is 0 Å². The Balaban J connectivity index is 1.85. The van der Waals surface area contributed by atoms with Crippen molar-refractivity contribution in [3.8, 4) is 22.6 Å². The van der Waals surface area contributed by atoms with Gasteiger partial charge in [-0.1, -0.05) is 12.1 Å². The van der Waals surface area contributed by atoms with E-state index in [2.05, 4.69) is 32.2 Å². The highest BCUT2D eigenvalue weighted by atomic mass is 19.1. The van der Waals surface area contributed by atoms with E-state index in [-0.39, 0.29) is 23.8 Å². The molecule has 0 saturated heterocycles. The van der Waals surface area contributed by atoms with Gasteiger partial charge in [0.2, 0.25) is 0 Å². The van der Waals surface area contributed by atoms with Gasteiger partial charge in [0.05, 0.1) is 12.6 Å². The Kier molecular flexibility index (Phi) is 5.44. The zero-order valence-corrected chi connectivity index (χ0v) is 18.1. The van der Waals surface area contributed by atoms with Crippen molar-refractivity contribution in [3.05, 3.63) is 83.4 Å². The molecular formula is C26H25F2NO2.